The van der Waals surface area contributed by atoms with Gasteiger partial charge in [0.25, 0.3) is 0 Å². The highest BCUT2D eigenvalue weighted by molar-refractivity contribution is 5.80. The maximum absolute atomic E-state index is 11.0. The Hall–Kier alpha value is -2.56. The van der Waals surface area contributed by atoms with Crippen LogP contribution in [0.2, 0.25) is 0 Å². The lowest BCUT2D eigenvalue weighted by Gasteiger charge is -2.05. The number of aromatic hydroxyl groups is 1. The molecule has 0 radical (unpaired) electrons. The van der Waals surface area contributed by atoms with Gasteiger partial charge in [-0.05, 0) is 46.9 Å². The summed E-state index contributed by atoms with van der Waals surface area (Å²) in [5.74, 6) is 0.466. The number of rotatable bonds is 2. The fourth-order valence-corrected chi connectivity index (χ4v) is 2.51. The molecule has 0 atom stereocenters. The topological polar surface area (TPSA) is 72.6 Å². The summed E-state index contributed by atoms with van der Waals surface area (Å²) in [5.41, 5.74) is 3.67. The van der Waals surface area contributed by atoms with Crippen molar-refractivity contribution in [2.45, 2.75) is 6.42 Å². The van der Waals surface area contributed by atoms with Crippen LogP contribution in [0.5, 0.6) is 11.5 Å². The molecule has 0 heterocycles. The van der Waals surface area contributed by atoms with Crippen molar-refractivity contribution in [3.05, 3.63) is 51.6 Å². The molecule has 2 aromatic rings. The minimum Gasteiger partial charge on any atom is -0.508 e. The van der Waals surface area contributed by atoms with Gasteiger partial charge in [-0.25, -0.2) is 0 Å². The SMILES string of the molecule is COc1cc2c(cc1[N+](=O)[O-])-c1ccc(O)cc1C2. The van der Waals surface area contributed by atoms with E-state index < -0.39 is 4.92 Å². The number of nitro benzene ring substituents is 1. The van der Waals surface area contributed by atoms with E-state index in [1.165, 1.54) is 13.2 Å². The second-order valence-corrected chi connectivity index (χ2v) is 4.46. The first-order chi connectivity index (χ1) is 9.10. The summed E-state index contributed by atoms with van der Waals surface area (Å²) in [6.07, 6.45) is 0.646. The predicted molar refractivity (Wildman–Crippen MR) is 69.6 cm³/mol. The van der Waals surface area contributed by atoms with Crippen molar-refractivity contribution in [3.8, 4) is 22.6 Å². The van der Waals surface area contributed by atoms with Crippen molar-refractivity contribution in [1.82, 2.24) is 0 Å². The van der Waals surface area contributed by atoms with E-state index in [1.54, 1.807) is 24.3 Å². The predicted octanol–water partition coefficient (Wildman–Crippen LogP) is 2.88. The number of nitro groups is 1. The quantitative estimate of drug-likeness (QED) is 0.566. The minimum absolute atomic E-state index is 0.0397. The molecule has 1 aliphatic carbocycles. The van der Waals surface area contributed by atoms with Crippen molar-refractivity contribution >= 4 is 5.69 Å². The number of phenols is 1. The molecule has 5 nitrogen and oxygen atoms in total. The van der Waals surface area contributed by atoms with Gasteiger partial charge in [0.1, 0.15) is 5.75 Å². The van der Waals surface area contributed by atoms with Gasteiger partial charge in [0.2, 0.25) is 0 Å². The molecule has 1 N–H and O–H groups in total. The third-order valence-corrected chi connectivity index (χ3v) is 3.36. The highest BCUT2D eigenvalue weighted by atomic mass is 16.6. The lowest BCUT2D eigenvalue weighted by molar-refractivity contribution is -0.385. The summed E-state index contributed by atoms with van der Waals surface area (Å²) in [4.78, 5) is 10.6. The first-order valence-electron chi connectivity index (χ1n) is 5.77. The number of methoxy groups -OCH3 is 1. The average Bonchev–Trinajstić information content (AvgIpc) is 2.73. The fourth-order valence-electron chi connectivity index (χ4n) is 2.51. The zero-order valence-electron chi connectivity index (χ0n) is 10.2. The molecule has 0 fully saturated rings. The monoisotopic (exact) mass is 257 g/mol. The standard InChI is InChI=1S/C14H11NO4/c1-19-14-6-9-4-8-5-10(16)2-3-11(8)12(9)7-13(14)15(17)18/h2-3,5-7,16H,4H2,1H3. The van der Waals surface area contributed by atoms with Crippen LogP contribution in [0.25, 0.3) is 11.1 Å². The van der Waals surface area contributed by atoms with E-state index in [-0.39, 0.29) is 17.2 Å². The normalized spacial score (nSPS) is 11.8. The van der Waals surface area contributed by atoms with Gasteiger partial charge in [0, 0.05) is 6.07 Å². The van der Waals surface area contributed by atoms with Gasteiger partial charge >= 0.3 is 5.69 Å². The van der Waals surface area contributed by atoms with Crippen LogP contribution in [0.15, 0.2) is 30.3 Å². The Labute approximate surface area is 109 Å². The number of hydrogen-bond donors (Lipinski definition) is 1. The van der Waals surface area contributed by atoms with Crippen LogP contribution in [0.1, 0.15) is 11.1 Å². The molecule has 0 saturated heterocycles. The summed E-state index contributed by atoms with van der Waals surface area (Å²) in [7, 11) is 1.42. The van der Waals surface area contributed by atoms with Crippen LogP contribution in [0.4, 0.5) is 5.69 Å². The Balaban J connectivity index is 2.22. The van der Waals surface area contributed by atoms with Gasteiger partial charge in [0.15, 0.2) is 5.75 Å². The van der Waals surface area contributed by atoms with E-state index in [0.29, 0.717) is 6.42 Å². The molecule has 96 valence electrons. The summed E-state index contributed by atoms with van der Waals surface area (Å²) in [6, 6.07) is 8.30. The second-order valence-electron chi connectivity index (χ2n) is 4.46. The molecule has 3 rings (SSSR count). The molecule has 0 unspecified atom stereocenters. The van der Waals surface area contributed by atoms with Gasteiger partial charge < -0.3 is 9.84 Å². The number of hydrogen-bond acceptors (Lipinski definition) is 4. The summed E-state index contributed by atoms with van der Waals surface area (Å²) < 4.78 is 5.06. The molecule has 0 saturated carbocycles. The molecule has 0 spiro atoms. The lowest BCUT2D eigenvalue weighted by atomic mass is 10.0. The highest BCUT2D eigenvalue weighted by Crippen LogP contribution is 2.43. The van der Waals surface area contributed by atoms with Crippen molar-refractivity contribution in [1.29, 1.82) is 0 Å². The number of fused-ring (bicyclic) bond motifs is 3. The van der Waals surface area contributed by atoms with E-state index in [4.69, 9.17) is 4.74 Å². The van der Waals surface area contributed by atoms with Crippen LogP contribution < -0.4 is 4.74 Å². The van der Waals surface area contributed by atoms with Gasteiger partial charge in [-0.2, -0.15) is 0 Å². The molecular weight excluding hydrogens is 246 g/mol. The summed E-state index contributed by atoms with van der Waals surface area (Å²) >= 11 is 0. The van der Waals surface area contributed by atoms with Crippen LogP contribution >= 0.6 is 0 Å². The molecule has 5 heteroatoms. The van der Waals surface area contributed by atoms with E-state index >= 15 is 0 Å². The summed E-state index contributed by atoms with van der Waals surface area (Å²) in [5, 5.41) is 20.5. The molecule has 0 aromatic heterocycles. The maximum Gasteiger partial charge on any atom is 0.311 e. The Bertz CT molecular complexity index is 694. The van der Waals surface area contributed by atoms with Crippen molar-refractivity contribution in [2.24, 2.45) is 0 Å². The smallest absolute Gasteiger partial charge is 0.311 e. The number of ether oxygens (including phenoxy) is 1. The third kappa shape index (κ3) is 1.71. The molecule has 1 aliphatic rings. The lowest BCUT2D eigenvalue weighted by Crippen LogP contribution is -1.95. The third-order valence-electron chi connectivity index (χ3n) is 3.36. The van der Waals surface area contributed by atoms with Crippen molar-refractivity contribution in [3.63, 3.8) is 0 Å². The zero-order chi connectivity index (χ0) is 13.6. The molecule has 0 aliphatic heterocycles. The fraction of sp³-hybridized carbons (Fsp3) is 0.143. The molecule has 19 heavy (non-hydrogen) atoms. The summed E-state index contributed by atoms with van der Waals surface area (Å²) in [6.45, 7) is 0. The average molecular weight is 257 g/mol. The molecular formula is C14H11NO4. The van der Waals surface area contributed by atoms with Gasteiger partial charge in [-0.15, -0.1) is 0 Å². The first kappa shape index (κ1) is 11.5. The van der Waals surface area contributed by atoms with E-state index in [2.05, 4.69) is 0 Å². The van der Waals surface area contributed by atoms with Crippen molar-refractivity contribution < 1.29 is 14.8 Å². The number of benzene rings is 2. The van der Waals surface area contributed by atoms with Crippen molar-refractivity contribution in [2.75, 3.05) is 7.11 Å². The second kappa shape index (κ2) is 3.98. The molecule has 0 bridgehead atoms. The van der Waals surface area contributed by atoms with Gasteiger partial charge in [-0.3, -0.25) is 10.1 Å². The van der Waals surface area contributed by atoms with Crippen LogP contribution in [0, 0.1) is 10.1 Å². The van der Waals surface area contributed by atoms with Crippen LogP contribution in [0.3, 0.4) is 0 Å². The maximum atomic E-state index is 11.0. The van der Waals surface area contributed by atoms with E-state index in [1.807, 2.05) is 0 Å². The van der Waals surface area contributed by atoms with E-state index in [9.17, 15) is 15.2 Å². The minimum atomic E-state index is -0.447. The largest absolute Gasteiger partial charge is 0.508 e. The van der Waals surface area contributed by atoms with E-state index in [0.717, 1.165) is 22.3 Å². The molecule has 0 amide bonds. The van der Waals surface area contributed by atoms with Gasteiger partial charge in [0.05, 0.1) is 12.0 Å². The molecule has 2 aromatic carbocycles. The highest BCUT2D eigenvalue weighted by Gasteiger charge is 2.25. The number of phenolic OH excluding ortho intramolecular Hbond substituents is 1. The Morgan fingerprint density at radius 3 is 2.63 bits per heavy atom. The Morgan fingerprint density at radius 1 is 1.21 bits per heavy atom. The van der Waals surface area contributed by atoms with Crippen LogP contribution in [-0.2, 0) is 6.42 Å². The van der Waals surface area contributed by atoms with Gasteiger partial charge in [-0.1, -0.05) is 6.07 Å². The number of nitrogens with zero attached hydrogens (tertiary/aromatic N) is 1. The van der Waals surface area contributed by atoms with Crippen LogP contribution in [-0.4, -0.2) is 17.1 Å². The Kier molecular flexibility index (Phi) is 2.41. The first-order valence-corrected chi connectivity index (χ1v) is 5.77. The Morgan fingerprint density at radius 2 is 1.95 bits per heavy atom. The zero-order valence-corrected chi connectivity index (χ0v) is 10.2.